The Morgan fingerprint density at radius 2 is 1.56 bits per heavy atom. The molecule has 2 aromatic rings. The smallest absolute Gasteiger partial charge is 0.308 e. The van der Waals surface area contributed by atoms with E-state index in [1.807, 2.05) is 46.3 Å². The topological polar surface area (TPSA) is 153 Å². The molecule has 1 saturated heterocycles. The number of carbonyl (C=O) groups is 4. The van der Waals surface area contributed by atoms with Crippen LogP contribution < -0.4 is 0 Å². The molecular weight excluding hydrogens is 444 g/mol. The summed E-state index contributed by atoms with van der Waals surface area (Å²) in [6.45, 7) is 6.73. The molecule has 0 saturated carbocycles. The molecule has 0 aliphatic carbocycles. The summed E-state index contributed by atoms with van der Waals surface area (Å²) in [5.41, 5.74) is 3.00. The van der Waals surface area contributed by atoms with Crippen molar-refractivity contribution in [2.75, 3.05) is 27.2 Å². The first-order valence-electron chi connectivity index (χ1n) is 10.8. The van der Waals surface area contributed by atoms with Crippen LogP contribution in [-0.2, 0) is 14.4 Å². The molecule has 1 fully saturated rings. The van der Waals surface area contributed by atoms with Crippen molar-refractivity contribution in [1.82, 2.24) is 19.2 Å². The van der Waals surface area contributed by atoms with E-state index in [1.54, 1.807) is 9.30 Å². The van der Waals surface area contributed by atoms with Crippen LogP contribution in [0.2, 0.25) is 0 Å². The van der Waals surface area contributed by atoms with Gasteiger partial charge in [0.1, 0.15) is 11.3 Å². The molecule has 3 heterocycles. The first-order chi connectivity index (χ1) is 15.7. The fourth-order valence-corrected chi connectivity index (χ4v) is 3.63. The molecule has 3 rings (SSSR count). The maximum atomic E-state index is 13.3. The molecule has 0 radical (unpaired) electrons. The molecular formula is C23H34N4O7. The Bertz CT molecular complexity index is 1010. The Morgan fingerprint density at radius 1 is 1.00 bits per heavy atom. The van der Waals surface area contributed by atoms with Crippen LogP contribution in [0.3, 0.4) is 0 Å². The predicted octanol–water partition coefficient (Wildman–Crippen LogP) is 2.00. The number of hydrogen-bond acceptors (Lipinski definition) is 6. The minimum absolute atomic E-state index is 0.144. The van der Waals surface area contributed by atoms with Crippen molar-refractivity contribution in [3.63, 3.8) is 0 Å². The Labute approximate surface area is 198 Å². The molecule has 0 spiro atoms. The molecule has 1 amide bonds. The van der Waals surface area contributed by atoms with Gasteiger partial charge >= 0.3 is 5.97 Å². The zero-order chi connectivity index (χ0) is 26.2. The average molecular weight is 479 g/mol. The quantitative estimate of drug-likeness (QED) is 0.601. The minimum Gasteiger partial charge on any atom is -0.481 e. The van der Waals surface area contributed by atoms with Gasteiger partial charge in [-0.05, 0) is 58.5 Å². The molecule has 3 N–H and O–H groups in total. The van der Waals surface area contributed by atoms with Gasteiger partial charge in [0.05, 0.1) is 11.6 Å². The predicted molar refractivity (Wildman–Crippen MR) is 125 cm³/mol. The molecule has 0 unspecified atom stereocenters. The zero-order valence-corrected chi connectivity index (χ0v) is 20.5. The first kappa shape index (κ1) is 28.6. The molecule has 188 valence electrons. The number of carbonyl (C=O) groups excluding carboxylic acids is 1. The summed E-state index contributed by atoms with van der Waals surface area (Å²) < 4.78 is 1.80. The van der Waals surface area contributed by atoms with E-state index in [9.17, 15) is 14.7 Å². The van der Waals surface area contributed by atoms with Crippen molar-refractivity contribution in [3.8, 4) is 0 Å². The van der Waals surface area contributed by atoms with Crippen molar-refractivity contribution in [2.24, 2.45) is 5.92 Å². The highest BCUT2D eigenvalue weighted by molar-refractivity contribution is 5.95. The molecule has 1 aliphatic rings. The van der Waals surface area contributed by atoms with Gasteiger partial charge in [0.2, 0.25) is 0 Å². The summed E-state index contributed by atoms with van der Waals surface area (Å²) in [6, 6.07) is 4.02. The highest BCUT2D eigenvalue weighted by Crippen LogP contribution is 2.23. The van der Waals surface area contributed by atoms with Crippen molar-refractivity contribution < 1.29 is 34.5 Å². The molecule has 11 heteroatoms. The highest BCUT2D eigenvalue weighted by Gasteiger charge is 2.33. The van der Waals surface area contributed by atoms with Crippen LogP contribution >= 0.6 is 0 Å². The van der Waals surface area contributed by atoms with Gasteiger partial charge in [-0.15, -0.1) is 0 Å². The summed E-state index contributed by atoms with van der Waals surface area (Å²) in [7, 11) is 3.94. The van der Waals surface area contributed by atoms with Gasteiger partial charge in [-0.3, -0.25) is 23.6 Å². The van der Waals surface area contributed by atoms with E-state index >= 15 is 0 Å². The van der Waals surface area contributed by atoms with Gasteiger partial charge in [0, 0.05) is 39.2 Å². The summed E-state index contributed by atoms with van der Waals surface area (Å²) in [6.07, 6.45) is 3.19. The van der Waals surface area contributed by atoms with E-state index in [4.69, 9.17) is 19.8 Å². The third kappa shape index (κ3) is 8.47. The second-order valence-electron chi connectivity index (χ2n) is 8.46. The fraction of sp³-hybridized carbons (Fsp3) is 0.522. The van der Waals surface area contributed by atoms with Gasteiger partial charge < -0.3 is 25.1 Å². The molecule has 11 nitrogen and oxygen atoms in total. The number of pyridine rings is 1. The SMILES string of the molecule is CC(=O)O.CC(=O)O.Cc1ccn2c(C(=O)N3C[C@@H](C(=O)O)CC[C@@H](N(C)C)C3)c(C)nc2c1. The minimum atomic E-state index is -0.840. The van der Waals surface area contributed by atoms with Crippen molar-refractivity contribution >= 4 is 29.5 Å². The van der Waals surface area contributed by atoms with Gasteiger partial charge in [-0.1, -0.05) is 0 Å². The molecule has 1 aliphatic heterocycles. The number of likely N-dealkylation sites (N-methyl/N-ethyl adjacent to an activating group) is 1. The van der Waals surface area contributed by atoms with Gasteiger partial charge in [0.15, 0.2) is 0 Å². The van der Waals surface area contributed by atoms with E-state index in [0.29, 0.717) is 24.4 Å². The lowest BCUT2D eigenvalue weighted by molar-refractivity contribution is -0.142. The average Bonchev–Trinajstić information content (AvgIpc) is 2.86. The largest absolute Gasteiger partial charge is 0.481 e. The standard InChI is InChI=1S/C19H26N4O3.2C2H4O2/c1-12-7-8-23-16(9-12)20-13(2)17(23)18(24)22-10-14(19(25)26)5-6-15(11-22)21(3)4;2*1-2(3)4/h7-9,14-15H,5-6,10-11H2,1-4H3,(H,25,26);2*1H3,(H,3,4)/t14-,15+;;/m0../s1. The summed E-state index contributed by atoms with van der Waals surface area (Å²) >= 11 is 0. The van der Waals surface area contributed by atoms with E-state index in [-0.39, 0.29) is 18.5 Å². The Morgan fingerprint density at radius 3 is 2.06 bits per heavy atom. The van der Waals surface area contributed by atoms with Crippen LogP contribution in [0.4, 0.5) is 0 Å². The number of rotatable bonds is 3. The van der Waals surface area contributed by atoms with Crippen LogP contribution in [0.5, 0.6) is 0 Å². The van der Waals surface area contributed by atoms with Gasteiger partial charge in [0.25, 0.3) is 17.8 Å². The number of carboxylic acids is 3. The number of nitrogens with zero attached hydrogens (tertiary/aromatic N) is 4. The maximum absolute atomic E-state index is 13.3. The van der Waals surface area contributed by atoms with Crippen molar-refractivity contribution in [2.45, 2.75) is 46.6 Å². The third-order valence-corrected chi connectivity index (χ3v) is 5.25. The second kappa shape index (κ2) is 12.7. The number of fused-ring (bicyclic) bond motifs is 1. The van der Waals surface area contributed by atoms with Gasteiger partial charge in [-0.25, -0.2) is 4.98 Å². The van der Waals surface area contributed by atoms with E-state index in [1.165, 1.54) is 0 Å². The molecule has 0 aromatic carbocycles. The van der Waals surface area contributed by atoms with Crippen LogP contribution in [-0.4, -0.2) is 91.5 Å². The monoisotopic (exact) mass is 478 g/mol. The normalized spacial score (nSPS) is 17.7. The summed E-state index contributed by atoms with van der Waals surface area (Å²) in [5, 5.41) is 24.3. The number of aliphatic carboxylic acids is 3. The molecule has 2 aromatic heterocycles. The van der Waals surface area contributed by atoms with Gasteiger partial charge in [-0.2, -0.15) is 0 Å². The van der Waals surface area contributed by atoms with Crippen LogP contribution in [0, 0.1) is 19.8 Å². The maximum Gasteiger partial charge on any atom is 0.308 e. The summed E-state index contributed by atoms with van der Waals surface area (Å²) in [4.78, 5) is 51.2. The number of imidazole rings is 1. The Balaban J connectivity index is 0.000000629. The number of amides is 1. The van der Waals surface area contributed by atoms with Crippen LogP contribution in [0.25, 0.3) is 5.65 Å². The number of likely N-dealkylation sites (tertiary alicyclic amines) is 1. The van der Waals surface area contributed by atoms with Crippen molar-refractivity contribution in [3.05, 3.63) is 35.3 Å². The number of aromatic nitrogens is 2. The Hall–Kier alpha value is -3.47. The Kier molecular flexibility index (Phi) is 10.7. The lowest BCUT2D eigenvalue weighted by atomic mass is 10.0. The lowest BCUT2D eigenvalue weighted by Crippen LogP contribution is -2.43. The second-order valence-corrected chi connectivity index (χ2v) is 8.46. The third-order valence-electron chi connectivity index (χ3n) is 5.25. The first-order valence-corrected chi connectivity index (χ1v) is 10.8. The van der Waals surface area contributed by atoms with E-state index < -0.39 is 23.8 Å². The zero-order valence-electron chi connectivity index (χ0n) is 20.5. The number of hydrogen-bond donors (Lipinski definition) is 3. The highest BCUT2D eigenvalue weighted by atomic mass is 16.4. The molecule has 0 bridgehead atoms. The van der Waals surface area contributed by atoms with Crippen molar-refractivity contribution in [1.29, 1.82) is 0 Å². The summed E-state index contributed by atoms with van der Waals surface area (Å²) in [5.74, 6) is -3.20. The molecule has 34 heavy (non-hydrogen) atoms. The molecule has 2 atom stereocenters. The number of carboxylic acid groups (broad SMARTS) is 3. The number of aryl methyl sites for hydroxylation is 2. The van der Waals surface area contributed by atoms with Crippen LogP contribution in [0.15, 0.2) is 18.3 Å². The van der Waals surface area contributed by atoms with Crippen LogP contribution in [0.1, 0.15) is 48.4 Å². The lowest BCUT2D eigenvalue weighted by Gasteiger charge is -2.28. The van der Waals surface area contributed by atoms with E-state index in [0.717, 1.165) is 31.5 Å². The fourth-order valence-electron chi connectivity index (χ4n) is 3.63. The van der Waals surface area contributed by atoms with E-state index in [2.05, 4.69) is 9.88 Å².